The van der Waals surface area contributed by atoms with Gasteiger partial charge in [0.1, 0.15) is 5.82 Å². The van der Waals surface area contributed by atoms with E-state index in [1.807, 2.05) is 19.1 Å². The molecule has 0 atom stereocenters. The molecule has 1 aromatic carbocycles. The lowest BCUT2D eigenvalue weighted by Crippen LogP contribution is -2.30. The molecular weight excluding hydrogens is 346 g/mol. The van der Waals surface area contributed by atoms with Gasteiger partial charge >= 0.3 is 0 Å². The fourth-order valence-corrected chi connectivity index (χ4v) is 3.71. The molecule has 0 bridgehead atoms. The summed E-state index contributed by atoms with van der Waals surface area (Å²) < 4.78 is 0. The number of nitrogens with zero attached hydrogens (tertiary/aromatic N) is 4. The van der Waals surface area contributed by atoms with Crippen molar-refractivity contribution in [3.63, 3.8) is 0 Å². The average molecular weight is 374 g/mol. The van der Waals surface area contributed by atoms with E-state index in [1.165, 1.54) is 30.5 Å². The molecular formula is C23H27N5. The number of rotatable bonds is 5. The van der Waals surface area contributed by atoms with Crippen LogP contribution >= 0.6 is 0 Å². The second kappa shape index (κ2) is 8.38. The normalized spacial score (nSPS) is 14.1. The zero-order valence-electron chi connectivity index (χ0n) is 16.7. The molecule has 3 heterocycles. The van der Waals surface area contributed by atoms with Crippen molar-refractivity contribution in [2.75, 3.05) is 23.3 Å². The zero-order chi connectivity index (χ0) is 19.3. The zero-order valence-corrected chi connectivity index (χ0v) is 16.7. The van der Waals surface area contributed by atoms with Crippen LogP contribution in [0.2, 0.25) is 0 Å². The topological polar surface area (TPSA) is 53.9 Å². The maximum atomic E-state index is 4.78. The van der Waals surface area contributed by atoms with Gasteiger partial charge in [0.05, 0.1) is 0 Å². The highest BCUT2D eigenvalue weighted by Gasteiger charge is 2.15. The smallest absolute Gasteiger partial charge is 0.163 e. The summed E-state index contributed by atoms with van der Waals surface area (Å²) in [5, 5.41) is 3.56. The second-order valence-corrected chi connectivity index (χ2v) is 7.38. The number of pyridine rings is 1. The minimum Gasteiger partial charge on any atom is -0.371 e. The number of benzene rings is 1. The molecule has 0 aliphatic carbocycles. The Morgan fingerprint density at radius 3 is 2.57 bits per heavy atom. The van der Waals surface area contributed by atoms with E-state index in [-0.39, 0.29) is 0 Å². The van der Waals surface area contributed by atoms with Crippen molar-refractivity contribution in [3.8, 4) is 11.4 Å². The molecule has 5 nitrogen and oxygen atoms in total. The van der Waals surface area contributed by atoms with Gasteiger partial charge in [0.2, 0.25) is 0 Å². The summed E-state index contributed by atoms with van der Waals surface area (Å²) in [5.41, 5.74) is 5.65. The highest BCUT2D eigenvalue weighted by Crippen LogP contribution is 2.26. The Bertz CT molecular complexity index is 933. The van der Waals surface area contributed by atoms with Crippen LogP contribution in [0.1, 0.15) is 36.1 Å². The first-order valence-corrected chi connectivity index (χ1v) is 10.0. The van der Waals surface area contributed by atoms with Crippen molar-refractivity contribution in [3.05, 3.63) is 65.6 Å². The minimum absolute atomic E-state index is 0.711. The largest absolute Gasteiger partial charge is 0.371 e. The number of piperidine rings is 1. The summed E-state index contributed by atoms with van der Waals surface area (Å²) in [4.78, 5) is 16.1. The maximum absolute atomic E-state index is 4.78. The average Bonchev–Trinajstić information content (AvgIpc) is 2.76. The van der Waals surface area contributed by atoms with Crippen LogP contribution in [0, 0.1) is 13.8 Å². The molecule has 1 aliphatic rings. The van der Waals surface area contributed by atoms with Crippen LogP contribution in [0.3, 0.4) is 0 Å². The third-order valence-corrected chi connectivity index (χ3v) is 5.44. The molecule has 4 rings (SSSR count). The lowest BCUT2D eigenvalue weighted by Gasteiger charge is -2.30. The van der Waals surface area contributed by atoms with Crippen molar-refractivity contribution in [2.24, 2.45) is 0 Å². The number of anilines is 2. The highest BCUT2D eigenvalue weighted by molar-refractivity contribution is 5.60. The molecule has 28 heavy (non-hydrogen) atoms. The fourth-order valence-electron chi connectivity index (χ4n) is 3.71. The third kappa shape index (κ3) is 3.98. The van der Waals surface area contributed by atoms with Crippen LogP contribution in [0.25, 0.3) is 11.4 Å². The molecule has 0 saturated carbocycles. The molecule has 0 radical (unpaired) electrons. The van der Waals surface area contributed by atoms with Gasteiger partial charge in [-0.15, -0.1) is 0 Å². The summed E-state index contributed by atoms with van der Waals surface area (Å²) in [6, 6.07) is 12.6. The number of para-hydroxylation sites is 1. The van der Waals surface area contributed by atoms with Crippen LogP contribution in [0.5, 0.6) is 0 Å². The summed E-state index contributed by atoms with van der Waals surface area (Å²) in [7, 11) is 0. The molecule has 0 amide bonds. The van der Waals surface area contributed by atoms with Crippen molar-refractivity contribution in [1.29, 1.82) is 0 Å². The number of nitrogens with one attached hydrogen (secondary N) is 1. The van der Waals surface area contributed by atoms with E-state index in [2.05, 4.69) is 51.4 Å². The van der Waals surface area contributed by atoms with Gasteiger partial charge in [-0.3, -0.25) is 4.98 Å². The summed E-state index contributed by atoms with van der Waals surface area (Å²) in [6.45, 7) is 7.14. The Morgan fingerprint density at radius 2 is 1.79 bits per heavy atom. The predicted octanol–water partition coefficient (Wildman–Crippen LogP) is 4.76. The molecule has 144 valence electrons. The Labute approximate surface area is 166 Å². The third-order valence-electron chi connectivity index (χ3n) is 5.44. The van der Waals surface area contributed by atoms with Gasteiger partial charge in [0, 0.05) is 54.5 Å². The molecule has 5 heteroatoms. The van der Waals surface area contributed by atoms with Gasteiger partial charge in [-0.1, -0.05) is 18.2 Å². The first-order chi connectivity index (χ1) is 13.7. The van der Waals surface area contributed by atoms with Gasteiger partial charge in [0.15, 0.2) is 5.82 Å². The van der Waals surface area contributed by atoms with Gasteiger partial charge in [-0.05, 0) is 56.9 Å². The molecule has 3 aromatic rings. The molecule has 1 saturated heterocycles. The first-order valence-electron chi connectivity index (χ1n) is 10.0. The van der Waals surface area contributed by atoms with E-state index in [0.29, 0.717) is 5.82 Å². The first kappa shape index (κ1) is 18.4. The van der Waals surface area contributed by atoms with E-state index in [1.54, 1.807) is 12.4 Å². The highest BCUT2D eigenvalue weighted by atomic mass is 15.1. The Balaban J connectivity index is 1.58. The van der Waals surface area contributed by atoms with Gasteiger partial charge in [-0.25, -0.2) is 9.97 Å². The monoisotopic (exact) mass is 373 g/mol. The predicted molar refractivity (Wildman–Crippen MR) is 115 cm³/mol. The standard InChI is InChI=1S/C23H27N5/c1-17-18(2)26-23(20-10-8-12-24-15-20)27-22(17)25-16-19-9-4-5-11-21(19)28-13-6-3-7-14-28/h4-5,8-12,15H,3,6-7,13-14,16H2,1-2H3,(H,25,26,27). The summed E-state index contributed by atoms with van der Waals surface area (Å²) in [5.74, 6) is 1.60. The van der Waals surface area contributed by atoms with E-state index in [9.17, 15) is 0 Å². The fraction of sp³-hybridized carbons (Fsp3) is 0.348. The van der Waals surface area contributed by atoms with Crippen molar-refractivity contribution < 1.29 is 0 Å². The number of hydrogen-bond donors (Lipinski definition) is 1. The van der Waals surface area contributed by atoms with Crippen LogP contribution < -0.4 is 10.2 Å². The Hall–Kier alpha value is -2.95. The van der Waals surface area contributed by atoms with Crippen molar-refractivity contribution in [1.82, 2.24) is 15.0 Å². The van der Waals surface area contributed by atoms with E-state index in [0.717, 1.165) is 42.3 Å². The Morgan fingerprint density at radius 1 is 0.964 bits per heavy atom. The second-order valence-electron chi connectivity index (χ2n) is 7.38. The van der Waals surface area contributed by atoms with Gasteiger partial charge in [0.25, 0.3) is 0 Å². The summed E-state index contributed by atoms with van der Waals surface area (Å²) >= 11 is 0. The number of hydrogen-bond acceptors (Lipinski definition) is 5. The van der Waals surface area contributed by atoms with Gasteiger partial charge < -0.3 is 10.2 Å². The van der Waals surface area contributed by atoms with E-state index >= 15 is 0 Å². The molecule has 1 aliphatic heterocycles. The van der Waals surface area contributed by atoms with Crippen molar-refractivity contribution in [2.45, 2.75) is 39.7 Å². The quantitative estimate of drug-likeness (QED) is 0.699. The Kier molecular flexibility index (Phi) is 5.51. The summed E-state index contributed by atoms with van der Waals surface area (Å²) in [6.07, 6.45) is 7.47. The molecule has 0 spiro atoms. The van der Waals surface area contributed by atoms with Crippen LogP contribution in [-0.4, -0.2) is 28.0 Å². The van der Waals surface area contributed by atoms with E-state index in [4.69, 9.17) is 4.98 Å². The molecule has 1 N–H and O–H groups in total. The van der Waals surface area contributed by atoms with Crippen molar-refractivity contribution >= 4 is 11.5 Å². The van der Waals surface area contributed by atoms with Crippen LogP contribution in [0.4, 0.5) is 11.5 Å². The number of aromatic nitrogens is 3. The minimum atomic E-state index is 0.711. The van der Waals surface area contributed by atoms with Gasteiger partial charge in [-0.2, -0.15) is 0 Å². The van der Waals surface area contributed by atoms with E-state index < -0.39 is 0 Å². The lowest BCUT2D eigenvalue weighted by atomic mass is 10.1. The SMILES string of the molecule is Cc1nc(-c2cccnc2)nc(NCc2ccccc2N2CCCCC2)c1C. The maximum Gasteiger partial charge on any atom is 0.163 e. The van der Waals surface area contributed by atoms with Crippen LogP contribution in [0.15, 0.2) is 48.8 Å². The number of aryl methyl sites for hydroxylation is 1. The molecule has 1 fully saturated rings. The molecule has 0 unspecified atom stereocenters. The lowest BCUT2D eigenvalue weighted by molar-refractivity contribution is 0.576. The van der Waals surface area contributed by atoms with Crippen LogP contribution in [-0.2, 0) is 6.54 Å². The molecule has 2 aromatic heterocycles.